The van der Waals surface area contributed by atoms with Crippen molar-refractivity contribution in [3.8, 4) is 0 Å². The molecule has 0 spiro atoms. The minimum Gasteiger partial charge on any atom is -0.395 e. The fourth-order valence-corrected chi connectivity index (χ4v) is 5.86. The molecule has 0 amide bonds. The minimum atomic E-state index is -1.86. The maximum Gasteiger partial charge on any atom is 0.335 e. The van der Waals surface area contributed by atoms with Gasteiger partial charge in [-0.05, 0) is 32.4 Å². The first-order valence-corrected chi connectivity index (χ1v) is 9.50. The predicted molar refractivity (Wildman–Crippen MR) is 70.9 cm³/mol. The molecule has 0 radical (unpaired) electrons. The normalized spacial score (nSPS) is 19.7. The van der Waals surface area contributed by atoms with Crippen molar-refractivity contribution in [2.24, 2.45) is 5.92 Å². The van der Waals surface area contributed by atoms with E-state index in [2.05, 4.69) is 20.4 Å². The van der Waals surface area contributed by atoms with Crippen molar-refractivity contribution in [3.63, 3.8) is 0 Å². The first-order chi connectivity index (χ1) is 7.70. The molecule has 0 aromatic rings. The smallest absolute Gasteiger partial charge is 0.335 e. The zero-order valence-electron chi connectivity index (χ0n) is 11.3. The first kappa shape index (κ1) is 14.2. The van der Waals surface area contributed by atoms with E-state index in [1.54, 1.807) is 0 Å². The highest BCUT2D eigenvalue weighted by molar-refractivity contribution is 6.66. The lowest BCUT2D eigenvalue weighted by Gasteiger charge is -2.29. The van der Waals surface area contributed by atoms with Gasteiger partial charge in [-0.25, -0.2) is 0 Å². The Hall–Kier alpha value is 0.137. The molecule has 0 unspecified atom stereocenters. The Morgan fingerprint density at radius 2 is 1.44 bits per heavy atom. The van der Waals surface area contributed by atoms with Gasteiger partial charge in [-0.1, -0.05) is 38.5 Å². The summed E-state index contributed by atoms with van der Waals surface area (Å²) in [4.78, 5) is 0. The zero-order chi connectivity index (χ0) is 11.9. The third-order valence-electron chi connectivity index (χ3n) is 3.53. The van der Waals surface area contributed by atoms with Gasteiger partial charge < -0.3 is 8.85 Å². The van der Waals surface area contributed by atoms with Crippen molar-refractivity contribution in [2.75, 3.05) is 13.2 Å². The molecule has 1 rings (SSSR count). The van der Waals surface area contributed by atoms with Crippen LogP contribution in [-0.4, -0.2) is 21.8 Å². The maximum atomic E-state index is 5.93. The molecule has 0 aromatic carbocycles. The van der Waals surface area contributed by atoms with E-state index < -0.39 is 8.56 Å². The van der Waals surface area contributed by atoms with E-state index in [9.17, 15) is 0 Å². The van der Waals surface area contributed by atoms with Gasteiger partial charge in [0.05, 0.1) is 0 Å². The third-order valence-corrected chi connectivity index (χ3v) is 6.65. The van der Waals surface area contributed by atoms with Gasteiger partial charge in [-0.2, -0.15) is 0 Å². The summed E-state index contributed by atoms with van der Waals surface area (Å²) >= 11 is 0. The largest absolute Gasteiger partial charge is 0.395 e. The molecule has 2 nitrogen and oxygen atoms in total. The fourth-order valence-electron chi connectivity index (χ4n) is 2.86. The lowest BCUT2D eigenvalue weighted by atomic mass is 10.0. The SMILES string of the molecule is CCO[Si](C)(CC1CCCCCC1)OCC. The molecule has 0 N–H and O–H groups in total. The Bertz CT molecular complexity index is 171. The van der Waals surface area contributed by atoms with Crippen molar-refractivity contribution in [1.29, 1.82) is 0 Å². The first-order valence-electron chi connectivity index (χ1n) is 6.98. The zero-order valence-corrected chi connectivity index (χ0v) is 12.3. The lowest BCUT2D eigenvalue weighted by Crippen LogP contribution is -2.40. The van der Waals surface area contributed by atoms with Gasteiger partial charge in [0.1, 0.15) is 0 Å². The van der Waals surface area contributed by atoms with Crippen LogP contribution >= 0.6 is 0 Å². The van der Waals surface area contributed by atoms with E-state index in [1.807, 2.05) is 0 Å². The minimum absolute atomic E-state index is 0.801. The Morgan fingerprint density at radius 3 is 1.88 bits per heavy atom. The fraction of sp³-hybridized carbons (Fsp3) is 1.00. The summed E-state index contributed by atoms with van der Waals surface area (Å²) in [6.45, 7) is 8.00. The van der Waals surface area contributed by atoms with E-state index in [-0.39, 0.29) is 0 Å². The van der Waals surface area contributed by atoms with Crippen LogP contribution in [0.1, 0.15) is 52.4 Å². The van der Waals surface area contributed by atoms with Crippen molar-refractivity contribution in [3.05, 3.63) is 0 Å². The molecule has 0 saturated heterocycles. The van der Waals surface area contributed by atoms with Gasteiger partial charge in [0.15, 0.2) is 0 Å². The summed E-state index contributed by atoms with van der Waals surface area (Å²) in [5.74, 6) is 0.859. The van der Waals surface area contributed by atoms with Crippen LogP contribution in [0.15, 0.2) is 0 Å². The molecule has 3 heteroatoms. The summed E-state index contributed by atoms with van der Waals surface area (Å²) in [6, 6.07) is 1.20. The van der Waals surface area contributed by atoms with Crippen molar-refractivity contribution < 1.29 is 8.85 Å². The summed E-state index contributed by atoms with van der Waals surface area (Å²) < 4.78 is 11.9. The standard InChI is InChI=1S/C13H28O2Si/c1-4-14-16(3,15-5-2)12-13-10-8-6-7-9-11-13/h13H,4-12H2,1-3H3. The highest BCUT2D eigenvalue weighted by atomic mass is 28.4. The second kappa shape index (κ2) is 7.46. The maximum absolute atomic E-state index is 5.93. The molecule has 0 atom stereocenters. The quantitative estimate of drug-likeness (QED) is 0.517. The topological polar surface area (TPSA) is 18.5 Å². The molecule has 0 bridgehead atoms. The Labute approximate surface area is 102 Å². The monoisotopic (exact) mass is 244 g/mol. The second-order valence-corrected chi connectivity index (χ2v) is 8.31. The molecule has 96 valence electrons. The van der Waals surface area contributed by atoms with E-state index in [0.29, 0.717) is 0 Å². The molecule has 0 aromatic heterocycles. The molecule has 1 saturated carbocycles. The van der Waals surface area contributed by atoms with Crippen LogP contribution in [0.5, 0.6) is 0 Å². The summed E-state index contributed by atoms with van der Waals surface area (Å²) in [7, 11) is -1.86. The Morgan fingerprint density at radius 1 is 0.938 bits per heavy atom. The third kappa shape index (κ3) is 4.98. The molecule has 1 aliphatic rings. The van der Waals surface area contributed by atoms with Crippen molar-refractivity contribution >= 4 is 8.56 Å². The average molecular weight is 244 g/mol. The number of hydrogen-bond acceptors (Lipinski definition) is 2. The number of hydrogen-bond donors (Lipinski definition) is 0. The van der Waals surface area contributed by atoms with Gasteiger partial charge in [0.25, 0.3) is 0 Å². The number of rotatable bonds is 6. The summed E-state index contributed by atoms with van der Waals surface area (Å²) in [5.41, 5.74) is 0. The molecule has 16 heavy (non-hydrogen) atoms. The highest BCUT2D eigenvalue weighted by Gasteiger charge is 2.34. The molecule has 0 heterocycles. The van der Waals surface area contributed by atoms with Crippen molar-refractivity contribution in [2.45, 2.75) is 65.0 Å². The van der Waals surface area contributed by atoms with Crippen LogP contribution in [0.4, 0.5) is 0 Å². The van der Waals surface area contributed by atoms with Gasteiger partial charge in [-0.3, -0.25) is 0 Å². The van der Waals surface area contributed by atoms with Gasteiger partial charge >= 0.3 is 8.56 Å². The molecule has 0 aliphatic heterocycles. The van der Waals surface area contributed by atoms with Gasteiger partial charge in [-0.15, -0.1) is 0 Å². The van der Waals surface area contributed by atoms with E-state index in [1.165, 1.54) is 44.6 Å². The summed E-state index contributed by atoms with van der Waals surface area (Å²) in [6.07, 6.45) is 8.46. The molecular weight excluding hydrogens is 216 g/mol. The van der Waals surface area contributed by atoms with Crippen LogP contribution in [0, 0.1) is 5.92 Å². The van der Waals surface area contributed by atoms with Crippen molar-refractivity contribution in [1.82, 2.24) is 0 Å². The lowest BCUT2D eigenvalue weighted by molar-refractivity contribution is 0.182. The molecular formula is C13H28O2Si. The van der Waals surface area contributed by atoms with Crippen LogP contribution < -0.4 is 0 Å². The van der Waals surface area contributed by atoms with Crippen LogP contribution in [0.25, 0.3) is 0 Å². The predicted octanol–water partition coefficient (Wildman–Crippen LogP) is 4.10. The highest BCUT2D eigenvalue weighted by Crippen LogP contribution is 2.30. The Kier molecular flexibility index (Phi) is 6.62. The summed E-state index contributed by atoms with van der Waals surface area (Å²) in [5, 5.41) is 0. The molecule has 1 aliphatic carbocycles. The van der Waals surface area contributed by atoms with E-state index in [0.717, 1.165) is 19.1 Å². The molecule has 1 fully saturated rings. The average Bonchev–Trinajstić information content (AvgIpc) is 2.46. The van der Waals surface area contributed by atoms with Crippen LogP contribution in [0.2, 0.25) is 12.6 Å². The van der Waals surface area contributed by atoms with E-state index >= 15 is 0 Å². The van der Waals surface area contributed by atoms with E-state index in [4.69, 9.17) is 8.85 Å². The van der Waals surface area contributed by atoms with Crippen LogP contribution in [0.3, 0.4) is 0 Å². The Balaban J connectivity index is 2.45. The van der Waals surface area contributed by atoms with Gasteiger partial charge in [0, 0.05) is 13.2 Å². The van der Waals surface area contributed by atoms with Gasteiger partial charge in [0.2, 0.25) is 0 Å². The second-order valence-electron chi connectivity index (χ2n) is 5.06. The van der Waals surface area contributed by atoms with Crippen LogP contribution in [-0.2, 0) is 8.85 Å².